The molecule has 0 saturated carbocycles. The second kappa shape index (κ2) is 6.57. The van der Waals surface area contributed by atoms with E-state index in [1.54, 1.807) is 0 Å². The van der Waals surface area contributed by atoms with Crippen molar-refractivity contribution in [3.05, 3.63) is 24.3 Å². The summed E-state index contributed by atoms with van der Waals surface area (Å²) >= 11 is 0. The Morgan fingerprint density at radius 1 is 1.42 bits per heavy atom. The Morgan fingerprint density at radius 2 is 2.16 bits per heavy atom. The standard InChI is InChI=1S/C15H22N2O2/c1-3-19-14-6-4-13(5-7-14)17-15(18)12-8-9-16-11(2)10-12/h4-7,11-12,16H,3,8-10H2,1-2H3,(H,17,18)/t11-,12-/m0/s1. The number of anilines is 1. The third-order valence-electron chi connectivity index (χ3n) is 3.43. The molecule has 104 valence electrons. The van der Waals surface area contributed by atoms with Crippen molar-refractivity contribution >= 4 is 11.6 Å². The predicted molar refractivity (Wildman–Crippen MR) is 76.4 cm³/mol. The van der Waals surface area contributed by atoms with Crippen molar-refractivity contribution in [3.63, 3.8) is 0 Å². The molecule has 1 aromatic carbocycles. The smallest absolute Gasteiger partial charge is 0.227 e. The van der Waals surface area contributed by atoms with Crippen LogP contribution in [0.4, 0.5) is 5.69 Å². The Labute approximate surface area is 114 Å². The largest absolute Gasteiger partial charge is 0.494 e. The summed E-state index contributed by atoms with van der Waals surface area (Å²) in [5.74, 6) is 1.07. The minimum atomic E-state index is 0.114. The number of amides is 1. The molecule has 0 radical (unpaired) electrons. The monoisotopic (exact) mass is 262 g/mol. The van der Waals surface area contributed by atoms with Crippen molar-refractivity contribution in [1.82, 2.24) is 5.32 Å². The van der Waals surface area contributed by atoms with E-state index in [0.717, 1.165) is 30.8 Å². The second-order valence-corrected chi connectivity index (χ2v) is 5.02. The summed E-state index contributed by atoms with van der Waals surface area (Å²) in [7, 11) is 0. The van der Waals surface area contributed by atoms with Crippen LogP contribution in [0.3, 0.4) is 0 Å². The SMILES string of the molecule is CCOc1ccc(NC(=O)[C@H]2CCN[C@@H](C)C2)cc1. The number of hydrogen-bond acceptors (Lipinski definition) is 3. The van der Waals surface area contributed by atoms with E-state index >= 15 is 0 Å². The first-order chi connectivity index (χ1) is 9.19. The molecule has 1 aromatic rings. The minimum absolute atomic E-state index is 0.114. The van der Waals surface area contributed by atoms with Gasteiger partial charge >= 0.3 is 0 Å². The normalized spacial score (nSPS) is 22.8. The zero-order valence-electron chi connectivity index (χ0n) is 11.6. The van der Waals surface area contributed by atoms with Gasteiger partial charge in [-0.05, 0) is 57.5 Å². The molecule has 1 saturated heterocycles. The van der Waals surface area contributed by atoms with Gasteiger partial charge in [-0.15, -0.1) is 0 Å². The molecule has 0 unspecified atom stereocenters. The second-order valence-electron chi connectivity index (χ2n) is 5.02. The summed E-state index contributed by atoms with van der Waals surface area (Å²) < 4.78 is 5.38. The van der Waals surface area contributed by atoms with E-state index in [2.05, 4.69) is 17.6 Å². The Morgan fingerprint density at radius 3 is 2.79 bits per heavy atom. The summed E-state index contributed by atoms with van der Waals surface area (Å²) in [5.41, 5.74) is 0.833. The maximum absolute atomic E-state index is 12.2. The summed E-state index contributed by atoms with van der Waals surface area (Å²) in [6, 6.07) is 7.94. The van der Waals surface area contributed by atoms with E-state index in [1.807, 2.05) is 31.2 Å². The first-order valence-electron chi connectivity index (χ1n) is 6.96. The Kier molecular flexibility index (Phi) is 4.80. The lowest BCUT2D eigenvalue weighted by molar-refractivity contribution is -0.120. The van der Waals surface area contributed by atoms with Crippen molar-refractivity contribution < 1.29 is 9.53 Å². The van der Waals surface area contributed by atoms with E-state index in [-0.39, 0.29) is 11.8 Å². The van der Waals surface area contributed by atoms with Gasteiger partial charge in [0.15, 0.2) is 0 Å². The van der Waals surface area contributed by atoms with Gasteiger partial charge in [-0.2, -0.15) is 0 Å². The van der Waals surface area contributed by atoms with Gasteiger partial charge in [-0.1, -0.05) is 0 Å². The molecule has 4 heteroatoms. The van der Waals surface area contributed by atoms with Crippen LogP contribution in [-0.2, 0) is 4.79 Å². The lowest BCUT2D eigenvalue weighted by Crippen LogP contribution is -2.40. The summed E-state index contributed by atoms with van der Waals surface area (Å²) in [6.45, 7) is 5.64. The minimum Gasteiger partial charge on any atom is -0.494 e. The highest BCUT2D eigenvalue weighted by Crippen LogP contribution is 2.20. The van der Waals surface area contributed by atoms with Crippen LogP contribution in [0.2, 0.25) is 0 Å². The van der Waals surface area contributed by atoms with Crippen molar-refractivity contribution in [3.8, 4) is 5.75 Å². The van der Waals surface area contributed by atoms with Crippen molar-refractivity contribution in [1.29, 1.82) is 0 Å². The molecule has 1 aliphatic rings. The molecule has 4 nitrogen and oxygen atoms in total. The zero-order valence-corrected chi connectivity index (χ0v) is 11.6. The van der Waals surface area contributed by atoms with Crippen LogP contribution in [0.5, 0.6) is 5.75 Å². The molecular formula is C15H22N2O2. The number of ether oxygens (including phenoxy) is 1. The van der Waals surface area contributed by atoms with Gasteiger partial charge in [-0.25, -0.2) is 0 Å². The molecule has 0 spiro atoms. The number of benzene rings is 1. The molecule has 1 amide bonds. The fraction of sp³-hybridized carbons (Fsp3) is 0.533. The average Bonchev–Trinajstić information content (AvgIpc) is 2.41. The van der Waals surface area contributed by atoms with Gasteiger partial charge in [0.25, 0.3) is 0 Å². The summed E-state index contributed by atoms with van der Waals surface area (Å²) in [4.78, 5) is 12.2. The molecule has 2 rings (SSSR count). The van der Waals surface area contributed by atoms with E-state index in [9.17, 15) is 4.79 Å². The molecule has 19 heavy (non-hydrogen) atoms. The van der Waals surface area contributed by atoms with Gasteiger partial charge in [0.1, 0.15) is 5.75 Å². The van der Waals surface area contributed by atoms with Crippen LogP contribution in [0.1, 0.15) is 26.7 Å². The summed E-state index contributed by atoms with van der Waals surface area (Å²) in [5, 5.41) is 6.33. The highest BCUT2D eigenvalue weighted by atomic mass is 16.5. The van der Waals surface area contributed by atoms with Gasteiger partial charge in [0, 0.05) is 17.6 Å². The molecule has 0 bridgehead atoms. The molecule has 1 aliphatic heterocycles. The van der Waals surface area contributed by atoms with Crippen LogP contribution >= 0.6 is 0 Å². The highest BCUT2D eigenvalue weighted by molar-refractivity contribution is 5.92. The van der Waals surface area contributed by atoms with Gasteiger partial charge in [0.05, 0.1) is 6.61 Å². The molecule has 2 N–H and O–H groups in total. The van der Waals surface area contributed by atoms with Crippen molar-refractivity contribution in [2.24, 2.45) is 5.92 Å². The van der Waals surface area contributed by atoms with Crippen LogP contribution in [0.25, 0.3) is 0 Å². The van der Waals surface area contributed by atoms with Crippen molar-refractivity contribution in [2.75, 3.05) is 18.5 Å². The third-order valence-corrected chi connectivity index (χ3v) is 3.43. The number of rotatable bonds is 4. The van der Waals surface area contributed by atoms with E-state index in [1.165, 1.54) is 0 Å². The topological polar surface area (TPSA) is 50.4 Å². The Hall–Kier alpha value is -1.55. The maximum atomic E-state index is 12.2. The average molecular weight is 262 g/mol. The highest BCUT2D eigenvalue weighted by Gasteiger charge is 2.24. The quantitative estimate of drug-likeness (QED) is 0.876. The first-order valence-corrected chi connectivity index (χ1v) is 6.96. The maximum Gasteiger partial charge on any atom is 0.227 e. The fourth-order valence-corrected chi connectivity index (χ4v) is 2.42. The molecule has 0 aromatic heterocycles. The van der Waals surface area contributed by atoms with Crippen molar-refractivity contribution in [2.45, 2.75) is 32.7 Å². The molecular weight excluding hydrogens is 240 g/mol. The van der Waals surface area contributed by atoms with Crippen LogP contribution < -0.4 is 15.4 Å². The zero-order chi connectivity index (χ0) is 13.7. The van der Waals surface area contributed by atoms with Crippen LogP contribution in [0.15, 0.2) is 24.3 Å². The van der Waals surface area contributed by atoms with E-state index in [0.29, 0.717) is 12.6 Å². The molecule has 0 aliphatic carbocycles. The van der Waals surface area contributed by atoms with E-state index in [4.69, 9.17) is 4.74 Å². The molecule has 2 atom stereocenters. The lowest BCUT2D eigenvalue weighted by atomic mass is 9.92. The fourth-order valence-electron chi connectivity index (χ4n) is 2.42. The number of carbonyl (C=O) groups is 1. The number of piperidine rings is 1. The van der Waals surface area contributed by atoms with Crippen LogP contribution in [-0.4, -0.2) is 25.1 Å². The van der Waals surface area contributed by atoms with Gasteiger partial charge < -0.3 is 15.4 Å². The number of carbonyl (C=O) groups excluding carboxylic acids is 1. The lowest BCUT2D eigenvalue weighted by Gasteiger charge is -2.27. The third kappa shape index (κ3) is 3.96. The van der Waals surface area contributed by atoms with Crippen LogP contribution in [0, 0.1) is 5.92 Å². The molecule has 1 heterocycles. The first kappa shape index (κ1) is 13.9. The summed E-state index contributed by atoms with van der Waals surface area (Å²) in [6.07, 6.45) is 1.82. The molecule has 1 fully saturated rings. The predicted octanol–water partition coefficient (Wildman–Crippen LogP) is 2.41. The number of nitrogens with one attached hydrogen (secondary N) is 2. The van der Waals surface area contributed by atoms with E-state index < -0.39 is 0 Å². The van der Waals surface area contributed by atoms with Gasteiger partial charge in [-0.3, -0.25) is 4.79 Å². The Balaban J connectivity index is 1.90. The van der Waals surface area contributed by atoms with Gasteiger partial charge in [0.2, 0.25) is 5.91 Å². The number of hydrogen-bond donors (Lipinski definition) is 2. The Bertz CT molecular complexity index is 417.